The van der Waals surface area contributed by atoms with E-state index in [1.54, 1.807) is 62.4 Å². The first-order valence-corrected chi connectivity index (χ1v) is 12.0. The Morgan fingerprint density at radius 3 is 2.39 bits per heavy atom. The van der Waals surface area contributed by atoms with E-state index in [9.17, 15) is 14.7 Å². The second-order valence-corrected chi connectivity index (χ2v) is 9.37. The van der Waals surface area contributed by atoms with Crippen molar-refractivity contribution in [1.82, 2.24) is 15.0 Å². The molecule has 0 aliphatic heterocycles. The maximum absolute atomic E-state index is 13.1. The zero-order chi connectivity index (χ0) is 26.9. The molecule has 3 aromatic carbocycles. The minimum Gasteiger partial charge on any atom is -0.496 e. The fourth-order valence-electron chi connectivity index (χ4n) is 4.13. The summed E-state index contributed by atoms with van der Waals surface area (Å²) in [4.78, 5) is 37.7. The lowest BCUT2D eigenvalue weighted by molar-refractivity contribution is 0.0786. The van der Waals surface area contributed by atoms with Gasteiger partial charge in [-0.05, 0) is 37.6 Å². The first-order chi connectivity index (χ1) is 18.2. The summed E-state index contributed by atoms with van der Waals surface area (Å²) in [6.45, 7) is 3.41. The fraction of sp³-hybridized carbons (Fsp3) is 0.133. The number of hydrogen-bond donors (Lipinski definition) is 3. The maximum Gasteiger partial charge on any atom is 0.261 e. The summed E-state index contributed by atoms with van der Waals surface area (Å²) in [5.41, 5.74) is 2.95. The molecule has 0 fully saturated rings. The molecule has 8 heteroatoms. The number of aromatic nitrogens is 3. The third-order valence-corrected chi connectivity index (χ3v) is 6.23. The summed E-state index contributed by atoms with van der Waals surface area (Å²) < 4.78 is 5.47. The minimum absolute atomic E-state index is 0.277. The SMILES string of the molecule is COc1cc(-c2ccccc2)ncc1C(=O)Nc1ccc2c(=O)[nH]c(-c3ccc(C(C)(C)O)cc3)nc2c1. The number of rotatable bonds is 6. The van der Waals surface area contributed by atoms with Gasteiger partial charge in [-0.3, -0.25) is 14.6 Å². The molecule has 0 aliphatic rings. The van der Waals surface area contributed by atoms with E-state index < -0.39 is 11.5 Å². The van der Waals surface area contributed by atoms with Crippen molar-refractivity contribution in [1.29, 1.82) is 0 Å². The zero-order valence-corrected chi connectivity index (χ0v) is 21.1. The summed E-state index contributed by atoms with van der Waals surface area (Å²) in [5, 5.41) is 13.4. The summed E-state index contributed by atoms with van der Waals surface area (Å²) in [6, 6.07) is 23.4. The van der Waals surface area contributed by atoms with Crippen molar-refractivity contribution < 1.29 is 14.6 Å². The molecular formula is C30H26N4O4. The van der Waals surface area contributed by atoms with Gasteiger partial charge in [0, 0.05) is 29.1 Å². The number of nitrogens with zero attached hydrogens (tertiary/aromatic N) is 2. The van der Waals surface area contributed by atoms with Gasteiger partial charge in [-0.25, -0.2) is 4.98 Å². The number of benzene rings is 3. The van der Waals surface area contributed by atoms with Crippen LogP contribution in [0.2, 0.25) is 0 Å². The monoisotopic (exact) mass is 506 g/mol. The molecule has 0 atom stereocenters. The van der Waals surface area contributed by atoms with Gasteiger partial charge in [-0.1, -0.05) is 54.6 Å². The van der Waals surface area contributed by atoms with Gasteiger partial charge in [-0.2, -0.15) is 0 Å². The van der Waals surface area contributed by atoms with E-state index in [1.807, 2.05) is 30.3 Å². The Balaban J connectivity index is 1.44. The van der Waals surface area contributed by atoms with Crippen LogP contribution in [0.4, 0.5) is 5.69 Å². The van der Waals surface area contributed by atoms with Crippen LogP contribution in [-0.2, 0) is 5.60 Å². The normalized spacial score (nSPS) is 11.4. The van der Waals surface area contributed by atoms with Gasteiger partial charge >= 0.3 is 0 Å². The van der Waals surface area contributed by atoms with Gasteiger partial charge in [-0.15, -0.1) is 0 Å². The van der Waals surface area contributed by atoms with E-state index in [0.717, 1.165) is 11.1 Å². The second kappa shape index (κ2) is 9.91. The molecule has 38 heavy (non-hydrogen) atoms. The molecule has 5 aromatic rings. The molecule has 190 valence electrons. The molecule has 0 unspecified atom stereocenters. The van der Waals surface area contributed by atoms with Crippen molar-refractivity contribution in [2.24, 2.45) is 0 Å². The number of pyridine rings is 1. The number of H-pyrrole nitrogens is 1. The summed E-state index contributed by atoms with van der Waals surface area (Å²) in [7, 11) is 1.50. The van der Waals surface area contributed by atoms with Crippen LogP contribution >= 0.6 is 0 Å². The molecule has 3 N–H and O–H groups in total. The maximum atomic E-state index is 13.1. The van der Waals surface area contributed by atoms with Crippen molar-refractivity contribution in [3.05, 3.63) is 107 Å². The van der Waals surface area contributed by atoms with E-state index in [2.05, 4.69) is 20.3 Å². The summed E-state index contributed by atoms with van der Waals surface area (Å²) in [6.07, 6.45) is 1.48. The van der Waals surface area contributed by atoms with Gasteiger partial charge < -0.3 is 20.1 Å². The summed E-state index contributed by atoms with van der Waals surface area (Å²) >= 11 is 0. The number of carbonyl (C=O) groups excluding carboxylic acids is 1. The quantitative estimate of drug-likeness (QED) is 0.294. The molecule has 0 radical (unpaired) electrons. The highest BCUT2D eigenvalue weighted by molar-refractivity contribution is 6.07. The number of fused-ring (bicyclic) bond motifs is 1. The van der Waals surface area contributed by atoms with E-state index in [0.29, 0.717) is 39.4 Å². The van der Waals surface area contributed by atoms with Crippen LogP contribution in [0.1, 0.15) is 29.8 Å². The molecule has 0 saturated carbocycles. The molecule has 0 spiro atoms. The molecule has 1 amide bonds. The third-order valence-electron chi connectivity index (χ3n) is 6.23. The lowest BCUT2D eigenvalue weighted by Crippen LogP contribution is -2.15. The number of amides is 1. The van der Waals surface area contributed by atoms with E-state index in [4.69, 9.17) is 4.74 Å². The fourth-order valence-corrected chi connectivity index (χ4v) is 4.13. The van der Waals surface area contributed by atoms with E-state index in [1.165, 1.54) is 13.3 Å². The van der Waals surface area contributed by atoms with Crippen molar-refractivity contribution in [3.8, 4) is 28.4 Å². The number of aliphatic hydroxyl groups is 1. The average molecular weight is 507 g/mol. The lowest BCUT2D eigenvalue weighted by Gasteiger charge is -2.17. The Bertz CT molecular complexity index is 1690. The highest BCUT2D eigenvalue weighted by Crippen LogP contribution is 2.27. The first kappa shape index (κ1) is 24.9. The Morgan fingerprint density at radius 1 is 0.974 bits per heavy atom. The van der Waals surface area contributed by atoms with Gasteiger partial charge in [0.15, 0.2) is 0 Å². The molecule has 0 aliphatic carbocycles. The molecule has 5 rings (SSSR count). The number of aromatic amines is 1. The first-order valence-electron chi connectivity index (χ1n) is 12.0. The van der Waals surface area contributed by atoms with Crippen LogP contribution in [0.15, 0.2) is 89.9 Å². The molecule has 2 heterocycles. The average Bonchev–Trinajstić information content (AvgIpc) is 2.92. The standard InChI is InChI=1S/C30H26N4O4/c1-30(2,37)20-11-9-19(10-12-20)27-33-25-15-21(13-14-22(25)28(35)34-27)32-29(36)23-17-31-24(16-26(23)38-3)18-7-5-4-6-8-18/h4-17,37H,1-3H3,(H,32,36)(H,33,34,35). The number of ether oxygens (including phenoxy) is 1. The minimum atomic E-state index is -0.976. The largest absolute Gasteiger partial charge is 0.496 e. The van der Waals surface area contributed by atoms with Crippen molar-refractivity contribution in [3.63, 3.8) is 0 Å². The van der Waals surface area contributed by atoms with Crippen LogP contribution in [0.3, 0.4) is 0 Å². The van der Waals surface area contributed by atoms with Crippen LogP contribution in [0, 0.1) is 0 Å². The second-order valence-electron chi connectivity index (χ2n) is 9.37. The summed E-state index contributed by atoms with van der Waals surface area (Å²) in [5.74, 6) is 0.375. The highest BCUT2D eigenvalue weighted by atomic mass is 16.5. The van der Waals surface area contributed by atoms with Crippen LogP contribution in [0.25, 0.3) is 33.5 Å². The molecule has 2 aromatic heterocycles. The number of nitrogens with one attached hydrogen (secondary N) is 2. The highest BCUT2D eigenvalue weighted by Gasteiger charge is 2.17. The van der Waals surface area contributed by atoms with Crippen LogP contribution < -0.4 is 15.6 Å². The Hall–Kier alpha value is -4.82. The number of methoxy groups -OCH3 is 1. The van der Waals surface area contributed by atoms with Crippen molar-refractivity contribution in [2.45, 2.75) is 19.4 Å². The van der Waals surface area contributed by atoms with Crippen LogP contribution in [0.5, 0.6) is 5.75 Å². The number of hydrogen-bond acceptors (Lipinski definition) is 6. The molecule has 8 nitrogen and oxygen atoms in total. The van der Waals surface area contributed by atoms with Crippen molar-refractivity contribution >= 4 is 22.5 Å². The Labute approximate surface area is 219 Å². The number of carbonyl (C=O) groups is 1. The Kier molecular flexibility index (Phi) is 6.48. The van der Waals surface area contributed by atoms with Gasteiger partial charge in [0.05, 0.1) is 29.3 Å². The van der Waals surface area contributed by atoms with E-state index in [-0.39, 0.29) is 11.1 Å². The predicted molar refractivity (Wildman–Crippen MR) is 147 cm³/mol. The Morgan fingerprint density at radius 2 is 1.71 bits per heavy atom. The third kappa shape index (κ3) is 5.02. The van der Waals surface area contributed by atoms with Gasteiger partial charge in [0.25, 0.3) is 11.5 Å². The topological polar surface area (TPSA) is 117 Å². The molecule has 0 saturated heterocycles. The van der Waals surface area contributed by atoms with Gasteiger partial charge in [0.2, 0.25) is 0 Å². The van der Waals surface area contributed by atoms with Gasteiger partial charge in [0.1, 0.15) is 17.1 Å². The van der Waals surface area contributed by atoms with E-state index >= 15 is 0 Å². The molecule has 0 bridgehead atoms. The lowest BCUT2D eigenvalue weighted by atomic mass is 9.97. The smallest absolute Gasteiger partial charge is 0.261 e. The van der Waals surface area contributed by atoms with Crippen molar-refractivity contribution in [2.75, 3.05) is 12.4 Å². The predicted octanol–water partition coefficient (Wildman–Crippen LogP) is 5.14. The number of anilines is 1. The van der Waals surface area contributed by atoms with Crippen LogP contribution in [-0.4, -0.2) is 33.1 Å². The molecular weight excluding hydrogens is 480 g/mol. The zero-order valence-electron chi connectivity index (χ0n) is 21.1.